The van der Waals surface area contributed by atoms with Crippen molar-refractivity contribution in [3.63, 3.8) is 0 Å². The molecule has 0 radical (unpaired) electrons. The number of aliphatic hydroxyl groups is 1. The first kappa shape index (κ1) is 10.8. The summed E-state index contributed by atoms with van der Waals surface area (Å²) in [4.78, 5) is 14.4. The third kappa shape index (κ3) is 1.96. The molecule has 1 aliphatic rings. The number of rotatable bonds is 3. The molecule has 0 atom stereocenters. The van der Waals surface area contributed by atoms with Crippen LogP contribution in [0.15, 0.2) is 12.3 Å². The summed E-state index contributed by atoms with van der Waals surface area (Å²) in [6.45, 7) is 0. The highest BCUT2D eigenvalue weighted by Gasteiger charge is 2.28. The van der Waals surface area contributed by atoms with Crippen molar-refractivity contribution in [2.24, 2.45) is 0 Å². The normalized spacial score (nSPS) is 23.6. The Balaban J connectivity index is 2.15. The molecule has 16 heavy (non-hydrogen) atoms. The van der Waals surface area contributed by atoms with Crippen LogP contribution < -0.4 is 5.32 Å². The smallest absolute Gasteiger partial charge is 0.338 e. The molecule has 86 valence electrons. The van der Waals surface area contributed by atoms with Crippen LogP contribution in [0.1, 0.15) is 23.2 Å². The van der Waals surface area contributed by atoms with Crippen LogP contribution >= 0.6 is 0 Å². The van der Waals surface area contributed by atoms with Gasteiger partial charge in [-0.25, -0.2) is 14.2 Å². The largest absolute Gasteiger partial charge is 0.478 e. The van der Waals surface area contributed by atoms with Crippen LogP contribution in [0.25, 0.3) is 0 Å². The van der Waals surface area contributed by atoms with Crippen molar-refractivity contribution < 1.29 is 19.4 Å². The first-order valence-corrected chi connectivity index (χ1v) is 4.90. The number of aliphatic hydroxyl groups excluding tert-OH is 1. The molecule has 0 bridgehead atoms. The number of aromatic nitrogens is 1. The maximum Gasteiger partial charge on any atom is 0.338 e. The van der Waals surface area contributed by atoms with E-state index < -0.39 is 17.3 Å². The Labute approximate surface area is 90.9 Å². The SMILES string of the molecule is O=C(O)c1ccnc(NC2CC(O)C2)c1F. The van der Waals surface area contributed by atoms with Gasteiger partial charge in [-0.2, -0.15) is 0 Å². The lowest BCUT2D eigenvalue weighted by atomic mass is 9.89. The van der Waals surface area contributed by atoms with E-state index >= 15 is 0 Å². The molecule has 0 aliphatic heterocycles. The van der Waals surface area contributed by atoms with E-state index in [2.05, 4.69) is 10.3 Å². The average molecular weight is 226 g/mol. The highest BCUT2D eigenvalue weighted by atomic mass is 19.1. The average Bonchev–Trinajstić information content (AvgIpc) is 2.18. The van der Waals surface area contributed by atoms with E-state index in [9.17, 15) is 9.18 Å². The third-order valence-corrected chi connectivity index (χ3v) is 2.57. The minimum Gasteiger partial charge on any atom is -0.478 e. The summed E-state index contributed by atoms with van der Waals surface area (Å²) >= 11 is 0. The van der Waals surface area contributed by atoms with E-state index in [1.807, 2.05) is 0 Å². The summed E-state index contributed by atoms with van der Waals surface area (Å²) in [6.07, 6.45) is 1.93. The number of nitrogens with one attached hydrogen (secondary N) is 1. The quantitative estimate of drug-likeness (QED) is 0.711. The van der Waals surface area contributed by atoms with Crippen molar-refractivity contribution in [3.8, 4) is 0 Å². The van der Waals surface area contributed by atoms with Crippen molar-refractivity contribution in [3.05, 3.63) is 23.6 Å². The van der Waals surface area contributed by atoms with Crippen LogP contribution in [-0.2, 0) is 0 Å². The number of hydrogen-bond donors (Lipinski definition) is 3. The molecule has 1 aromatic heterocycles. The zero-order valence-electron chi connectivity index (χ0n) is 8.35. The molecule has 1 saturated carbocycles. The second-order valence-corrected chi connectivity index (χ2v) is 3.79. The van der Waals surface area contributed by atoms with Crippen LogP contribution in [0.2, 0.25) is 0 Å². The lowest BCUT2D eigenvalue weighted by Crippen LogP contribution is -2.39. The van der Waals surface area contributed by atoms with E-state index in [0.29, 0.717) is 12.8 Å². The summed E-state index contributed by atoms with van der Waals surface area (Å²) in [5.41, 5.74) is -0.405. The number of pyridine rings is 1. The highest BCUT2D eigenvalue weighted by molar-refractivity contribution is 5.88. The fraction of sp³-hybridized carbons (Fsp3) is 0.400. The Bertz CT molecular complexity index is 419. The molecule has 0 amide bonds. The van der Waals surface area contributed by atoms with Crippen molar-refractivity contribution in [2.45, 2.75) is 25.0 Å². The second-order valence-electron chi connectivity index (χ2n) is 3.79. The summed E-state index contributed by atoms with van der Waals surface area (Å²) in [6, 6.07) is 1.07. The number of aromatic carboxylic acids is 1. The van der Waals surface area contributed by atoms with Crippen LogP contribution in [-0.4, -0.2) is 33.3 Å². The van der Waals surface area contributed by atoms with Crippen molar-refractivity contribution >= 4 is 11.8 Å². The van der Waals surface area contributed by atoms with E-state index in [1.165, 1.54) is 6.20 Å². The molecule has 5 nitrogen and oxygen atoms in total. The second kappa shape index (κ2) is 4.05. The number of halogens is 1. The van der Waals surface area contributed by atoms with Crippen molar-refractivity contribution in [1.82, 2.24) is 4.98 Å². The number of carboxylic acids is 1. The predicted molar refractivity (Wildman–Crippen MR) is 53.8 cm³/mol. The maximum absolute atomic E-state index is 13.6. The summed E-state index contributed by atoms with van der Waals surface area (Å²) < 4.78 is 13.6. The maximum atomic E-state index is 13.6. The molecule has 0 unspecified atom stereocenters. The fourth-order valence-corrected chi connectivity index (χ4v) is 1.61. The molecular formula is C10H11FN2O3. The molecule has 0 saturated heterocycles. The van der Waals surface area contributed by atoms with E-state index in [-0.39, 0.29) is 18.0 Å². The van der Waals surface area contributed by atoms with Gasteiger partial charge < -0.3 is 15.5 Å². The minimum absolute atomic E-state index is 0.0407. The molecule has 1 heterocycles. The molecule has 1 aliphatic carbocycles. The zero-order valence-corrected chi connectivity index (χ0v) is 8.35. The van der Waals surface area contributed by atoms with Gasteiger partial charge in [-0.3, -0.25) is 0 Å². The first-order valence-electron chi connectivity index (χ1n) is 4.90. The minimum atomic E-state index is -1.32. The van der Waals surface area contributed by atoms with Crippen LogP contribution in [0.3, 0.4) is 0 Å². The Morgan fingerprint density at radius 1 is 1.56 bits per heavy atom. The molecule has 0 spiro atoms. The lowest BCUT2D eigenvalue weighted by Gasteiger charge is -2.32. The van der Waals surface area contributed by atoms with E-state index in [4.69, 9.17) is 10.2 Å². The number of carboxylic acid groups (broad SMARTS) is 1. The van der Waals surface area contributed by atoms with Gasteiger partial charge in [0.2, 0.25) is 0 Å². The number of anilines is 1. The Hall–Kier alpha value is -1.69. The van der Waals surface area contributed by atoms with Gasteiger partial charge in [0.25, 0.3) is 0 Å². The van der Waals surface area contributed by atoms with Crippen molar-refractivity contribution in [1.29, 1.82) is 0 Å². The van der Waals surface area contributed by atoms with Gasteiger partial charge in [-0.05, 0) is 18.9 Å². The van der Waals surface area contributed by atoms with Crippen molar-refractivity contribution in [2.75, 3.05) is 5.32 Å². The van der Waals surface area contributed by atoms with Crippen LogP contribution in [0.5, 0.6) is 0 Å². The Morgan fingerprint density at radius 2 is 2.25 bits per heavy atom. The van der Waals surface area contributed by atoms with Gasteiger partial charge in [-0.15, -0.1) is 0 Å². The molecule has 1 aromatic rings. The van der Waals surface area contributed by atoms with Gasteiger partial charge in [0.15, 0.2) is 11.6 Å². The molecule has 3 N–H and O–H groups in total. The fourth-order valence-electron chi connectivity index (χ4n) is 1.61. The van der Waals surface area contributed by atoms with Crippen LogP contribution in [0.4, 0.5) is 10.2 Å². The third-order valence-electron chi connectivity index (χ3n) is 2.57. The van der Waals surface area contributed by atoms with E-state index in [0.717, 1.165) is 6.07 Å². The van der Waals surface area contributed by atoms with E-state index in [1.54, 1.807) is 0 Å². The van der Waals surface area contributed by atoms with Gasteiger partial charge in [0.1, 0.15) is 5.56 Å². The molecular weight excluding hydrogens is 215 g/mol. The molecule has 0 aromatic carbocycles. The topological polar surface area (TPSA) is 82.5 Å². The molecule has 6 heteroatoms. The Kier molecular flexibility index (Phi) is 2.74. The standard InChI is InChI=1S/C10H11FN2O3/c11-8-7(10(15)16)1-2-12-9(8)13-5-3-6(14)4-5/h1-2,5-6,14H,3-4H2,(H,12,13)(H,15,16). The number of carbonyl (C=O) groups is 1. The van der Waals surface area contributed by atoms with Gasteiger partial charge >= 0.3 is 5.97 Å². The Morgan fingerprint density at radius 3 is 2.81 bits per heavy atom. The summed E-state index contributed by atoms with van der Waals surface area (Å²) in [5.74, 6) is -2.26. The number of nitrogens with zero attached hydrogens (tertiary/aromatic N) is 1. The lowest BCUT2D eigenvalue weighted by molar-refractivity contribution is 0.0690. The first-order chi connectivity index (χ1) is 7.58. The molecule has 2 rings (SSSR count). The summed E-state index contributed by atoms with van der Waals surface area (Å²) in [7, 11) is 0. The van der Waals surface area contributed by atoms with Gasteiger partial charge in [-0.1, -0.05) is 0 Å². The van der Waals surface area contributed by atoms with Gasteiger partial charge in [0.05, 0.1) is 6.10 Å². The number of hydrogen-bond acceptors (Lipinski definition) is 4. The highest BCUT2D eigenvalue weighted by Crippen LogP contribution is 2.25. The molecule has 1 fully saturated rings. The zero-order chi connectivity index (χ0) is 11.7. The van der Waals surface area contributed by atoms with Gasteiger partial charge in [0, 0.05) is 12.2 Å². The monoisotopic (exact) mass is 226 g/mol. The summed E-state index contributed by atoms with van der Waals surface area (Å²) in [5, 5.41) is 20.5. The predicted octanol–water partition coefficient (Wildman–Crippen LogP) is 0.854. The van der Waals surface area contributed by atoms with Crippen LogP contribution in [0, 0.1) is 5.82 Å².